The molecule has 2 N–H and O–H groups in total. The Balaban J connectivity index is 0.000000176. The molecular weight excluding hydrogens is 331 g/mol. The van der Waals surface area contributed by atoms with Crippen LogP contribution in [0.2, 0.25) is 0 Å². The van der Waals surface area contributed by atoms with E-state index in [9.17, 15) is 8.42 Å². The normalized spacial score (nSPS) is 37.4. The van der Waals surface area contributed by atoms with E-state index >= 15 is 0 Å². The van der Waals surface area contributed by atoms with Gasteiger partial charge in [0.05, 0.1) is 17.5 Å². The van der Waals surface area contributed by atoms with Gasteiger partial charge in [-0.1, -0.05) is 0 Å². The highest BCUT2D eigenvalue weighted by Gasteiger charge is 2.42. The van der Waals surface area contributed by atoms with Crippen LogP contribution in [-0.4, -0.2) is 48.4 Å². The summed E-state index contributed by atoms with van der Waals surface area (Å²) < 4.78 is 30.4. The third-order valence-electron chi connectivity index (χ3n) is 3.32. The quantitative estimate of drug-likeness (QED) is 0.643. The third-order valence-corrected chi connectivity index (χ3v) is 4.28. The fourth-order valence-electron chi connectivity index (χ4n) is 2.36. The third kappa shape index (κ3) is 6.01. The molecule has 0 aromatic carbocycles. The zero-order valence-electron chi connectivity index (χ0n) is 11.0. The monoisotopic (exact) mass is 350 g/mol. The lowest BCUT2D eigenvalue weighted by atomic mass is 10.3. The summed E-state index contributed by atoms with van der Waals surface area (Å²) in [6.45, 7) is 0. The molecule has 6 nitrogen and oxygen atoms in total. The van der Waals surface area contributed by atoms with Gasteiger partial charge in [0.1, 0.15) is 12.2 Å². The zero-order valence-corrected chi connectivity index (χ0v) is 13.3. The molecule has 4 unspecified atom stereocenters. The Morgan fingerprint density at radius 2 is 1.25 bits per heavy atom. The van der Waals surface area contributed by atoms with E-state index in [1.54, 1.807) is 0 Å². The van der Waals surface area contributed by atoms with E-state index < -0.39 is 22.6 Å². The summed E-state index contributed by atoms with van der Waals surface area (Å²) in [6.07, 6.45) is 3.92. The topological polar surface area (TPSA) is 93.1 Å². The molecule has 0 aromatic rings. The molecule has 1 saturated heterocycles. The second-order valence-electron chi connectivity index (χ2n) is 4.78. The number of hydrogen-bond donors (Lipinski definition) is 2. The fourth-order valence-corrected chi connectivity index (χ4v) is 3.45. The molecule has 0 amide bonds. The molecule has 0 spiro atoms. The maximum absolute atomic E-state index is 10.6. The van der Waals surface area contributed by atoms with Gasteiger partial charge in [0, 0.05) is 0 Å². The van der Waals surface area contributed by atoms with Gasteiger partial charge in [0.25, 0.3) is 0 Å². The molecule has 0 radical (unpaired) electrons. The van der Waals surface area contributed by atoms with Crippen LogP contribution in [-0.2, 0) is 18.8 Å². The first-order valence-electron chi connectivity index (χ1n) is 6.49. The highest BCUT2D eigenvalue weighted by Crippen LogP contribution is 2.33. The minimum Gasteiger partial charge on any atom is -0.390 e. The molecule has 3 rings (SSSR count). The zero-order chi connectivity index (χ0) is 15.2. The summed E-state index contributed by atoms with van der Waals surface area (Å²) in [5.74, 6) is 0. The molecule has 3 aliphatic rings. The van der Waals surface area contributed by atoms with Gasteiger partial charge < -0.3 is 10.2 Å². The molecule has 9 heteroatoms. The van der Waals surface area contributed by atoms with Gasteiger partial charge in [-0.15, -0.1) is 23.2 Å². The van der Waals surface area contributed by atoms with Crippen LogP contribution in [0.5, 0.6) is 0 Å². The van der Waals surface area contributed by atoms with Crippen molar-refractivity contribution in [1.82, 2.24) is 0 Å². The highest BCUT2D eigenvalue weighted by atomic mass is 35.5. The SMILES string of the molecule is ClCCl.O=S1(=O)OC2CCCC2O1.OC1CCCC1O. The van der Waals surface area contributed by atoms with E-state index in [1.165, 1.54) is 0 Å². The summed E-state index contributed by atoms with van der Waals surface area (Å²) in [7, 11) is -3.61. The molecule has 3 fully saturated rings. The average molecular weight is 351 g/mol. The lowest BCUT2D eigenvalue weighted by Gasteiger charge is -2.03. The Bertz CT molecular complexity index is 351. The first-order valence-corrected chi connectivity index (χ1v) is 8.89. The summed E-state index contributed by atoms with van der Waals surface area (Å²) in [5.41, 5.74) is 0. The van der Waals surface area contributed by atoms with Crippen LogP contribution < -0.4 is 0 Å². The summed E-state index contributed by atoms with van der Waals surface area (Å²) >= 11 is 9.53. The van der Waals surface area contributed by atoms with Crippen LogP contribution in [0.15, 0.2) is 0 Å². The predicted molar refractivity (Wildman–Crippen MR) is 75.0 cm³/mol. The van der Waals surface area contributed by atoms with E-state index in [2.05, 4.69) is 8.37 Å². The van der Waals surface area contributed by atoms with Crippen molar-refractivity contribution in [3.63, 3.8) is 0 Å². The van der Waals surface area contributed by atoms with Crippen molar-refractivity contribution < 1.29 is 27.0 Å². The van der Waals surface area contributed by atoms with Crippen molar-refractivity contribution in [1.29, 1.82) is 0 Å². The maximum atomic E-state index is 10.6. The maximum Gasteiger partial charge on any atom is 0.400 e. The number of aliphatic hydroxyl groups is 2. The first kappa shape index (κ1) is 18.4. The molecule has 2 saturated carbocycles. The molecule has 120 valence electrons. The lowest BCUT2D eigenvalue weighted by Crippen LogP contribution is -2.17. The van der Waals surface area contributed by atoms with Gasteiger partial charge in [-0.25, -0.2) is 8.37 Å². The number of fused-ring (bicyclic) bond motifs is 1. The van der Waals surface area contributed by atoms with Crippen LogP contribution in [0.3, 0.4) is 0 Å². The van der Waals surface area contributed by atoms with Gasteiger partial charge in [-0.05, 0) is 38.5 Å². The van der Waals surface area contributed by atoms with Crippen LogP contribution in [0, 0.1) is 0 Å². The van der Waals surface area contributed by atoms with Crippen molar-refractivity contribution in [3.05, 3.63) is 0 Å². The second-order valence-corrected chi connectivity index (χ2v) is 6.78. The van der Waals surface area contributed by atoms with Crippen LogP contribution >= 0.6 is 23.2 Å². The fraction of sp³-hybridized carbons (Fsp3) is 1.00. The number of alkyl halides is 2. The van der Waals surface area contributed by atoms with Crippen molar-refractivity contribution in [2.24, 2.45) is 0 Å². The molecule has 0 bridgehead atoms. The highest BCUT2D eigenvalue weighted by molar-refractivity contribution is 7.82. The largest absolute Gasteiger partial charge is 0.400 e. The smallest absolute Gasteiger partial charge is 0.390 e. The van der Waals surface area contributed by atoms with Crippen LogP contribution in [0.1, 0.15) is 38.5 Å². The van der Waals surface area contributed by atoms with Crippen molar-refractivity contribution >= 4 is 33.6 Å². The molecule has 0 aromatic heterocycles. The standard InChI is InChI=1S/C5H8O4S.C5H10O2.CH2Cl2/c6-10(7)8-4-2-1-3-5(4)9-10;6-4-2-1-3-5(4)7;2-1-3/h4-5H,1-3H2;4-7H,1-3H2;1H2. The van der Waals surface area contributed by atoms with Gasteiger partial charge in [-0.2, -0.15) is 8.42 Å². The lowest BCUT2D eigenvalue weighted by molar-refractivity contribution is 0.0438. The van der Waals surface area contributed by atoms with E-state index in [1.807, 2.05) is 0 Å². The molecule has 4 atom stereocenters. The van der Waals surface area contributed by atoms with E-state index in [0.717, 1.165) is 38.5 Å². The number of rotatable bonds is 0. The van der Waals surface area contributed by atoms with Gasteiger partial charge in [0.15, 0.2) is 0 Å². The molecule has 20 heavy (non-hydrogen) atoms. The van der Waals surface area contributed by atoms with E-state index in [-0.39, 0.29) is 17.5 Å². The average Bonchev–Trinajstić information content (AvgIpc) is 2.97. The van der Waals surface area contributed by atoms with Gasteiger partial charge in [-0.3, -0.25) is 0 Å². The number of hydrogen-bond acceptors (Lipinski definition) is 6. The summed E-state index contributed by atoms with van der Waals surface area (Å²) in [5, 5.41) is 17.7. The minimum absolute atomic E-state index is 0.190. The second kappa shape index (κ2) is 8.73. The minimum atomic E-state index is -3.61. The van der Waals surface area contributed by atoms with Crippen molar-refractivity contribution in [2.45, 2.75) is 62.9 Å². The Morgan fingerprint density at radius 3 is 1.55 bits per heavy atom. The van der Waals surface area contributed by atoms with Crippen LogP contribution in [0.4, 0.5) is 0 Å². The first-order chi connectivity index (χ1) is 9.39. The Morgan fingerprint density at radius 1 is 0.900 bits per heavy atom. The van der Waals surface area contributed by atoms with E-state index in [0.29, 0.717) is 0 Å². The Labute approximate surface area is 129 Å². The Kier molecular flexibility index (Phi) is 8.04. The van der Waals surface area contributed by atoms with Crippen molar-refractivity contribution in [3.8, 4) is 0 Å². The number of aliphatic hydroxyl groups excluding tert-OH is 2. The predicted octanol–water partition coefficient (Wildman–Crippen LogP) is 1.51. The van der Waals surface area contributed by atoms with E-state index in [4.69, 9.17) is 33.4 Å². The van der Waals surface area contributed by atoms with Gasteiger partial charge >= 0.3 is 10.4 Å². The molecule has 1 heterocycles. The summed E-state index contributed by atoms with van der Waals surface area (Å²) in [4.78, 5) is 0. The van der Waals surface area contributed by atoms with Gasteiger partial charge in [0.2, 0.25) is 0 Å². The molecule has 1 aliphatic heterocycles. The van der Waals surface area contributed by atoms with Crippen LogP contribution in [0.25, 0.3) is 0 Å². The molecular formula is C11H20Cl2O6S. The molecule has 2 aliphatic carbocycles. The Hall–Kier alpha value is 0.370. The number of halogens is 2. The summed E-state index contributed by atoms with van der Waals surface area (Å²) in [6, 6.07) is 0. The van der Waals surface area contributed by atoms with Crippen molar-refractivity contribution in [2.75, 3.05) is 5.34 Å².